The summed E-state index contributed by atoms with van der Waals surface area (Å²) in [5.74, 6) is 0.538. The highest BCUT2D eigenvalue weighted by atomic mass is 32.1. The van der Waals surface area contributed by atoms with E-state index in [4.69, 9.17) is 5.11 Å². The number of imidazole rings is 1. The van der Waals surface area contributed by atoms with Gasteiger partial charge in [0.1, 0.15) is 0 Å². The number of amides is 1. The number of nitrogens with zero attached hydrogens (tertiary/aromatic N) is 3. The number of carbonyl (C=O) groups is 1. The zero-order chi connectivity index (χ0) is 14.1. The van der Waals surface area contributed by atoms with E-state index in [0.717, 1.165) is 42.3 Å². The monoisotopic (exact) mass is 293 g/mol. The molecule has 3 rings (SSSR count). The molecule has 0 unspecified atom stereocenters. The average molecular weight is 293 g/mol. The van der Waals surface area contributed by atoms with Crippen LogP contribution in [-0.4, -0.2) is 45.0 Å². The van der Waals surface area contributed by atoms with E-state index >= 15 is 0 Å². The molecule has 0 saturated carbocycles. The Morgan fingerprint density at radius 1 is 1.50 bits per heavy atom. The van der Waals surface area contributed by atoms with Crippen LogP contribution in [0.3, 0.4) is 0 Å². The molecule has 0 radical (unpaired) electrons. The van der Waals surface area contributed by atoms with Gasteiger partial charge in [0, 0.05) is 37.0 Å². The van der Waals surface area contributed by atoms with E-state index < -0.39 is 0 Å². The van der Waals surface area contributed by atoms with Crippen LogP contribution < -0.4 is 0 Å². The van der Waals surface area contributed by atoms with Gasteiger partial charge < -0.3 is 10.0 Å². The molecule has 0 bridgehead atoms. The zero-order valence-corrected chi connectivity index (χ0v) is 12.4. The predicted molar refractivity (Wildman–Crippen MR) is 77.9 cm³/mol. The van der Waals surface area contributed by atoms with E-state index in [1.807, 2.05) is 27.8 Å². The summed E-state index contributed by atoms with van der Waals surface area (Å²) in [6.45, 7) is 3.73. The number of aliphatic hydroxyl groups excluding tert-OH is 1. The molecule has 1 aliphatic rings. The molecule has 0 aliphatic carbocycles. The number of likely N-dealkylation sites (tertiary alicyclic amines) is 1. The lowest BCUT2D eigenvalue weighted by atomic mass is 9.97. The van der Waals surface area contributed by atoms with E-state index in [-0.39, 0.29) is 12.5 Å². The van der Waals surface area contributed by atoms with Gasteiger partial charge in [0.2, 0.25) is 5.91 Å². The number of aliphatic hydroxyl groups is 1. The summed E-state index contributed by atoms with van der Waals surface area (Å²) >= 11 is 1.58. The molecule has 0 aromatic carbocycles. The SMILES string of the molecule is Cc1cn2c(CC(=O)N3CCC(CO)CC3)csc2n1. The molecule has 0 spiro atoms. The summed E-state index contributed by atoms with van der Waals surface area (Å²) in [6.07, 6.45) is 4.23. The number of hydrogen-bond acceptors (Lipinski definition) is 4. The third kappa shape index (κ3) is 2.58. The number of fused-ring (bicyclic) bond motifs is 1. The van der Waals surface area contributed by atoms with Crippen LogP contribution >= 0.6 is 11.3 Å². The van der Waals surface area contributed by atoms with Gasteiger partial charge >= 0.3 is 0 Å². The number of piperidine rings is 1. The second-order valence-electron chi connectivity index (χ2n) is 5.45. The smallest absolute Gasteiger partial charge is 0.228 e. The maximum atomic E-state index is 12.3. The molecule has 6 heteroatoms. The first-order valence-electron chi connectivity index (χ1n) is 6.98. The number of hydrogen-bond donors (Lipinski definition) is 1. The van der Waals surface area contributed by atoms with E-state index in [2.05, 4.69) is 4.98 Å². The van der Waals surface area contributed by atoms with Crippen LogP contribution in [0.1, 0.15) is 24.2 Å². The molecule has 1 aliphatic heterocycles. The van der Waals surface area contributed by atoms with Crippen LogP contribution in [0, 0.1) is 12.8 Å². The average Bonchev–Trinajstić information content (AvgIpc) is 2.99. The van der Waals surface area contributed by atoms with E-state index in [9.17, 15) is 4.79 Å². The molecular formula is C14H19N3O2S. The van der Waals surface area contributed by atoms with Crippen molar-refractivity contribution >= 4 is 22.2 Å². The molecule has 108 valence electrons. The number of rotatable bonds is 3. The van der Waals surface area contributed by atoms with Crippen molar-refractivity contribution in [3.05, 3.63) is 23.0 Å². The van der Waals surface area contributed by atoms with Crippen molar-refractivity contribution in [2.75, 3.05) is 19.7 Å². The molecule has 1 saturated heterocycles. The fraction of sp³-hybridized carbons (Fsp3) is 0.571. The minimum Gasteiger partial charge on any atom is -0.396 e. The largest absolute Gasteiger partial charge is 0.396 e. The quantitative estimate of drug-likeness (QED) is 0.932. The molecule has 1 fully saturated rings. The van der Waals surface area contributed by atoms with Crippen LogP contribution in [0.4, 0.5) is 0 Å². The van der Waals surface area contributed by atoms with Crippen LogP contribution in [-0.2, 0) is 11.2 Å². The Morgan fingerprint density at radius 2 is 2.25 bits per heavy atom. The minimum atomic E-state index is 0.174. The number of carbonyl (C=O) groups excluding carboxylic acids is 1. The molecule has 20 heavy (non-hydrogen) atoms. The van der Waals surface area contributed by atoms with Gasteiger partial charge in [-0.3, -0.25) is 9.20 Å². The molecule has 2 aromatic rings. The fourth-order valence-corrected chi connectivity index (χ4v) is 3.62. The van der Waals surface area contributed by atoms with Crippen molar-refractivity contribution in [3.8, 4) is 0 Å². The lowest BCUT2D eigenvalue weighted by Crippen LogP contribution is -2.40. The second kappa shape index (κ2) is 5.54. The molecule has 5 nitrogen and oxygen atoms in total. The first-order chi connectivity index (χ1) is 9.67. The summed E-state index contributed by atoms with van der Waals surface area (Å²) in [5, 5.41) is 11.1. The van der Waals surface area contributed by atoms with Crippen molar-refractivity contribution in [2.24, 2.45) is 5.92 Å². The second-order valence-corrected chi connectivity index (χ2v) is 6.28. The molecule has 1 amide bonds. The van der Waals surface area contributed by atoms with E-state index in [1.54, 1.807) is 11.3 Å². The molecule has 0 atom stereocenters. The third-order valence-electron chi connectivity index (χ3n) is 3.96. The first kappa shape index (κ1) is 13.6. The molecule has 1 N–H and O–H groups in total. The van der Waals surface area contributed by atoms with Crippen molar-refractivity contribution in [3.63, 3.8) is 0 Å². The van der Waals surface area contributed by atoms with Gasteiger partial charge in [-0.1, -0.05) is 0 Å². The first-order valence-corrected chi connectivity index (χ1v) is 7.86. The summed E-state index contributed by atoms with van der Waals surface area (Å²) in [4.78, 5) is 19.6. The Morgan fingerprint density at radius 3 is 2.95 bits per heavy atom. The van der Waals surface area contributed by atoms with Crippen molar-refractivity contribution in [2.45, 2.75) is 26.2 Å². The Kier molecular flexibility index (Phi) is 3.76. The zero-order valence-electron chi connectivity index (χ0n) is 11.6. The topological polar surface area (TPSA) is 57.8 Å². The van der Waals surface area contributed by atoms with Gasteiger partial charge in [-0.2, -0.15) is 0 Å². The van der Waals surface area contributed by atoms with Crippen LogP contribution in [0.25, 0.3) is 4.96 Å². The molecule has 2 aromatic heterocycles. The highest BCUT2D eigenvalue weighted by molar-refractivity contribution is 7.15. The maximum Gasteiger partial charge on any atom is 0.228 e. The molecule has 3 heterocycles. The normalized spacial score (nSPS) is 17.0. The Hall–Kier alpha value is -1.40. The lowest BCUT2D eigenvalue weighted by Gasteiger charge is -2.31. The van der Waals surface area contributed by atoms with Gasteiger partial charge in [0.05, 0.1) is 12.1 Å². The van der Waals surface area contributed by atoms with Gasteiger partial charge in [-0.25, -0.2) is 4.98 Å². The van der Waals surface area contributed by atoms with E-state index in [1.165, 1.54) is 0 Å². The Bertz CT molecular complexity index is 611. The fourth-order valence-electron chi connectivity index (χ4n) is 2.70. The van der Waals surface area contributed by atoms with Crippen LogP contribution in [0.5, 0.6) is 0 Å². The Labute approximate surface area is 121 Å². The van der Waals surface area contributed by atoms with Gasteiger partial charge in [-0.05, 0) is 25.7 Å². The van der Waals surface area contributed by atoms with Crippen molar-refractivity contribution in [1.82, 2.24) is 14.3 Å². The minimum absolute atomic E-state index is 0.174. The number of thiazole rings is 1. The van der Waals surface area contributed by atoms with E-state index in [0.29, 0.717) is 12.3 Å². The lowest BCUT2D eigenvalue weighted by molar-refractivity contribution is -0.132. The number of aryl methyl sites for hydroxylation is 1. The van der Waals surface area contributed by atoms with Crippen LogP contribution in [0.2, 0.25) is 0 Å². The van der Waals surface area contributed by atoms with Gasteiger partial charge in [0.15, 0.2) is 4.96 Å². The molecular weight excluding hydrogens is 274 g/mol. The standard InChI is InChI=1S/C14H19N3O2S/c1-10-7-17-12(9-20-14(17)15-10)6-13(19)16-4-2-11(8-18)3-5-16/h7,9,11,18H,2-6,8H2,1H3. The van der Waals surface area contributed by atoms with Gasteiger partial charge in [0.25, 0.3) is 0 Å². The van der Waals surface area contributed by atoms with Gasteiger partial charge in [-0.15, -0.1) is 11.3 Å². The van der Waals surface area contributed by atoms with Crippen molar-refractivity contribution < 1.29 is 9.90 Å². The summed E-state index contributed by atoms with van der Waals surface area (Å²) in [7, 11) is 0. The summed E-state index contributed by atoms with van der Waals surface area (Å²) in [6, 6.07) is 0. The van der Waals surface area contributed by atoms with Crippen LogP contribution in [0.15, 0.2) is 11.6 Å². The highest BCUT2D eigenvalue weighted by Crippen LogP contribution is 2.20. The maximum absolute atomic E-state index is 12.3. The number of aromatic nitrogens is 2. The highest BCUT2D eigenvalue weighted by Gasteiger charge is 2.23. The predicted octanol–water partition coefficient (Wildman–Crippen LogP) is 1.48. The van der Waals surface area contributed by atoms with Crippen molar-refractivity contribution in [1.29, 1.82) is 0 Å². The summed E-state index contributed by atoms with van der Waals surface area (Å²) < 4.78 is 2.01. The summed E-state index contributed by atoms with van der Waals surface area (Å²) in [5.41, 5.74) is 1.99. The third-order valence-corrected chi connectivity index (χ3v) is 4.85. The Balaban J connectivity index is 1.67.